The van der Waals surface area contributed by atoms with Crippen LogP contribution in [-0.4, -0.2) is 19.0 Å². The summed E-state index contributed by atoms with van der Waals surface area (Å²) in [5, 5.41) is 0. The molecule has 0 saturated carbocycles. The van der Waals surface area contributed by atoms with Crippen LogP contribution in [-0.2, 0) is 0 Å². The van der Waals surface area contributed by atoms with E-state index in [2.05, 4.69) is 12.1 Å². The monoisotopic (exact) mass is 332 g/mol. The molecule has 0 atom stereocenters. The number of benzene rings is 3. The average molecular weight is 332 g/mol. The van der Waals surface area contributed by atoms with Gasteiger partial charge in [0, 0.05) is 5.56 Å². The molecule has 3 aromatic rings. The Morgan fingerprint density at radius 2 is 1.28 bits per heavy atom. The number of Topliss-reactive ketones (excluding diaryl/α,β-unsaturated/α-hetero) is 1. The van der Waals surface area contributed by atoms with Crippen molar-refractivity contribution in [1.82, 2.24) is 0 Å². The number of carbonyl (C=O) groups excluding carboxylic acids is 1. The first-order valence-corrected chi connectivity index (χ1v) is 8.26. The topological polar surface area (TPSA) is 35.5 Å². The van der Waals surface area contributed by atoms with Gasteiger partial charge in [0.1, 0.15) is 24.7 Å². The normalized spacial score (nSPS) is 10.3. The highest BCUT2D eigenvalue weighted by Gasteiger charge is 2.08. The van der Waals surface area contributed by atoms with E-state index in [0.29, 0.717) is 24.5 Å². The molecule has 0 aliphatic rings. The smallest absolute Gasteiger partial charge is 0.163 e. The molecule has 0 spiro atoms. The van der Waals surface area contributed by atoms with E-state index < -0.39 is 0 Å². The lowest BCUT2D eigenvalue weighted by molar-refractivity contribution is 0.101. The van der Waals surface area contributed by atoms with Crippen LogP contribution in [0.4, 0.5) is 0 Å². The molecule has 25 heavy (non-hydrogen) atoms. The fraction of sp³-hybridized carbons (Fsp3) is 0.136. The second-order valence-electron chi connectivity index (χ2n) is 5.61. The number of para-hydroxylation sites is 2. The highest BCUT2D eigenvalue weighted by atomic mass is 16.5. The lowest BCUT2D eigenvalue weighted by atomic mass is 10.1. The summed E-state index contributed by atoms with van der Waals surface area (Å²) < 4.78 is 11.6. The molecule has 0 bridgehead atoms. The van der Waals surface area contributed by atoms with E-state index in [1.54, 1.807) is 12.1 Å². The lowest BCUT2D eigenvalue weighted by Gasteiger charge is -2.13. The van der Waals surface area contributed by atoms with Gasteiger partial charge in [0.25, 0.3) is 0 Å². The second kappa shape index (κ2) is 8.15. The number of ketones is 1. The van der Waals surface area contributed by atoms with E-state index >= 15 is 0 Å². The van der Waals surface area contributed by atoms with Gasteiger partial charge in [0.05, 0.1) is 5.56 Å². The van der Waals surface area contributed by atoms with Crippen molar-refractivity contribution in [2.75, 3.05) is 13.2 Å². The van der Waals surface area contributed by atoms with Gasteiger partial charge in [-0.25, -0.2) is 0 Å². The minimum Gasteiger partial charge on any atom is -0.489 e. The maximum Gasteiger partial charge on any atom is 0.163 e. The molecule has 0 N–H and O–H groups in total. The predicted octanol–water partition coefficient (Wildman–Crippen LogP) is 5.01. The Kier molecular flexibility index (Phi) is 5.47. The van der Waals surface area contributed by atoms with Crippen LogP contribution in [0.25, 0.3) is 11.1 Å². The Bertz CT molecular complexity index is 841. The lowest BCUT2D eigenvalue weighted by Crippen LogP contribution is -2.11. The van der Waals surface area contributed by atoms with E-state index in [1.165, 1.54) is 6.92 Å². The fourth-order valence-corrected chi connectivity index (χ4v) is 2.64. The minimum absolute atomic E-state index is 0.00839. The van der Waals surface area contributed by atoms with E-state index in [9.17, 15) is 4.79 Å². The first kappa shape index (κ1) is 16.8. The molecule has 3 nitrogen and oxygen atoms in total. The molecule has 3 rings (SSSR count). The van der Waals surface area contributed by atoms with E-state index in [-0.39, 0.29) is 5.78 Å². The Hall–Kier alpha value is -3.07. The Balaban J connectivity index is 1.63. The van der Waals surface area contributed by atoms with Crippen LogP contribution in [0, 0.1) is 0 Å². The van der Waals surface area contributed by atoms with Crippen molar-refractivity contribution in [1.29, 1.82) is 0 Å². The summed E-state index contributed by atoms with van der Waals surface area (Å²) in [6, 6.07) is 25.3. The summed E-state index contributed by atoms with van der Waals surface area (Å²) in [4.78, 5) is 11.6. The summed E-state index contributed by atoms with van der Waals surface area (Å²) in [7, 11) is 0. The van der Waals surface area contributed by atoms with Crippen LogP contribution in [0.1, 0.15) is 17.3 Å². The van der Waals surface area contributed by atoms with Crippen molar-refractivity contribution >= 4 is 5.78 Å². The zero-order chi connectivity index (χ0) is 17.5. The van der Waals surface area contributed by atoms with Crippen LogP contribution >= 0.6 is 0 Å². The molecule has 3 heteroatoms. The van der Waals surface area contributed by atoms with Crippen LogP contribution in [0.3, 0.4) is 0 Å². The molecular weight excluding hydrogens is 312 g/mol. The SMILES string of the molecule is CC(=O)c1ccccc1OCCOc1ccccc1-c1ccccc1. The molecule has 0 aromatic heterocycles. The largest absolute Gasteiger partial charge is 0.489 e. The highest BCUT2D eigenvalue weighted by molar-refractivity contribution is 5.96. The van der Waals surface area contributed by atoms with Crippen LogP contribution in [0.2, 0.25) is 0 Å². The molecular formula is C22H20O3. The minimum atomic E-state index is -0.00839. The summed E-state index contributed by atoms with van der Waals surface area (Å²) >= 11 is 0. The quantitative estimate of drug-likeness (QED) is 0.450. The summed E-state index contributed by atoms with van der Waals surface area (Å²) in [5.74, 6) is 1.40. The molecule has 0 amide bonds. The molecule has 126 valence electrons. The molecule has 0 saturated heterocycles. The van der Waals surface area contributed by atoms with Gasteiger partial charge >= 0.3 is 0 Å². The van der Waals surface area contributed by atoms with Crippen LogP contribution < -0.4 is 9.47 Å². The molecule has 3 aromatic carbocycles. The van der Waals surface area contributed by atoms with Crippen LogP contribution in [0.15, 0.2) is 78.9 Å². The molecule has 0 aliphatic heterocycles. The van der Waals surface area contributed by atoms with Crippen molar-refractivity contribution in [3.05, 3.63) is 84.4 Å². The number of carbonyl (C=O) groups is 1. The maximum atomic E-state index is 11.6. The second-order valence-corrected chi connectivity index (χ2v) is 5.61. The van der Waals surface area contributed by atoms with Crippen molar-refractivity contribution in [2.24, 2.45) is 0 Å². The van der Waals surface area contributed by atoms with Gasteiger partial charge in [-0.15, -0.1) is 0 Å². The molecule has 0 unspecified atom stereocenters. The maximum absolute atomic E-state index is 11.6. The Morgan fingerprint density at radius 1 is 0.720 bits per heavy atom. The fourth-order valence-electron chi connectivity index (χ4n) is 2.64. The Morgan fingerprint density at radius 3 is 2.00 bits per heavy atom. The number of rotatable bonds is 7. The van der Waals surface area contributed by atoms with Crippen molar-refractivity contribution < 1.29 is 14.3 Å². The van der Waals surface area contributed by atoms with E-state index in [1.807, 2.05) is 54.6 Å². The van der Waals surface area contributed by atoms with E-state index in [4.69, 9.17) is 9.47 Å². The Labute approximate surface area is 147 Å². The summed E-state index contributed by atoms with van der Waals surface area (Å²) in [6.45, 7) is 2.30. The van der Waals surface area contributed by atoms with Crippen LogP contribution in [0.5, 0.6) is 11.5 Å². The highest BCUT2D eigenvalue weighted by Crippen LogP contribution is 2.29. The molecule has 0 aliphatic carbocycles. The average Bonchev–Trinajstić information content (AvgIpc) is 2.66. The van der Waals surface area contributed by atoms with Crippen molar-refractivity contribution in [3.63, 3.8) is 0 Å². The van der Waals surface area contributed by atoms with Gasteiger partial charge in [-0.05, 0) is 30.7 Å². The van der Waals surface area contributed by atoms with Crippen molar-refractivity contribution in [3.8, 4) is 22.6 Å². The molecule has 0 fully saturated rings. The van der Waals surface area contributed by atoms with Gasteiger partial charge in [-0.3, -0.25) is 4.79 Å². The summed E-state index contributed by atoms with van der Waals surface area (Å²) in [5.41, 5.74) is 2.75. The third kappa shape index (κ3) is 4.27. The van der Waals surface area contributed by atoms with Gasteiger partial charge in [-0.1, -0.05) is 60.7 Å². The van der Waals surface area contributed by atoms with Gasteiger partial charge in [0.15, 0.2) is 5.78 Å². The standard InChI is InChI=1S/C22H20O3/c1-17(23)19-11-5-7-13-21(19)24-15-16-25-22-14-8-6-12-20(22)18-9-3-2-4-10-18/h2-14H,15-16H2,1H3. The van der Waals surface area contributed by atoms with Gasteiger partial charge in [-0.2, -0.15) is 0 Å². The zero-order valence-corrected chi connectivity index (χ0v) is 14.1. The molecule has 0 radical (unpaired) electrons. The zero-order valence-electron chi connectivity index (χ0n) is 14.1. The molecule has 0 heterocycles. The third-order valence-corrected chi connectivity index (χ3v) is 3.84. The third-order valence-electron chi connectivity index (χ3n) is 3.84. The number of hydrogen-bond acceptors (Lipinski definition) is 3. The number of ether oxygens (including phenoxy) is 2. The van der Waals surface area contributed by atoms with Gasteiger partial charge in [0.2, 0.25) is 0 Å². The van der Waals surface area contributed by atoms with Gasteiger partial charge < -0.3 is 9.47 Å². The number of hydrogen-bond donors (Lipinski definition) is 0. The van der Waals surface area contributed by atoms with E-state index in [0.717, 1.165) is 16.9 Å². The predicted molar refractivity (Wildman–Crippen MR) is 99.3 cm³/mol. The first-order valence-electron chi connectivity index (χ1n) is 8.26. The van der Waals surface area contributed by atoms with Crippen molar-refractivity contribution in [2.45, 2.75) is 6.92 Å². The first-order chi connectivity index (χ1) is 12.3. The summed E-state index contributed by atoms with van der Waals surface area (Å²) in [6.07, 6.45) is 0.